The first kappa shape index (κ1) is 20.1. The van der Waals surface area contributed by atoms with Crippen LogP contribution in [0.1, 0.15) is 19.3 Å². The number of nitrogens with one attached hydrogen (secondary N) is 1. The van der Waals surface area contributed by atoms with Crippen molar-refractivity contribution in [2.75, 3.05) is 49.0 Å². The van der Waals surface area contributed by atoms with Gasteiger partial charge in [0.1, 0.15) is 0 Å². The van der Waals surface area contributed by atoms with Gasteiger partial charge in [0.25, 0.3) is 0 Å². The summed E-state index contributed by atoms with van der Waals surface area (Å²) < 4.78 is 10.5. The van der Waals surface area contributed by atoms with Crippen LogP contribution in [0.15, 0.2) is 42.5 Å². The normalized spacial score (nSPS) is 18.6. The summed E-state index contributed by atoms with van der Waals surface area (Å²) in [7, 11) is 3.11. The maximum Gasteiger partial charge on any atom is 0.229 e. The number of benzene rings is 2. The average molecular weight is 409 g/mol. The van der Waals surface area contributed by atoms with Crippen molar-refractivity contribution in [3.05, 3.63) is 42.5 Å². The van der Waals surface area contributed by atoms with E-state index in [2.05, 4.69) is 22.3 Å². The van der Waals surface area contributed by atoms with E-state index in [0.717, 1.165) is 18.8 Å². The molecule has 0 bridgehead atoms. The molecule has 7 nitrogen and oxygen atoms in total. The Morgan fingerprint density at radius 1 is 0.967 bits per heavy atom. The fraction of sp³-hybridized carbons (Fsp3) is 0.391. The summed E-state index contributed by atoms with van der Waals surface area (Å²) in [6.07, 6.45) is 2.65. The summed E-state index contributed by atoms with van der Waals surface area (Å²) in [5, 5.41) is 2.89. The largest absolute Gasteiger partial charge is 0.493 e. The minimum absolute atomic E-state index is 0.0311. The predicted molar refractivity (Wildman–Crippen MR) is 117 cm³/mol. The zero-order valence-corrected chi connectivity index (χ0v) is 17.4. The lowest BCUT2D eigenvalue weighted by Gasteiger charge is -2.20. The Kier molecular flexibility index (Phi) is 5.79. The van der Waals surface area contributed by atoms with Crippen molar-refractivity contribution >= 4 is 28.9 Å². The monoisotopic (exact) mass is 409 g/mol. The van der Waals surface area contributed by atoms with Crippen molar-refractivity contribution in [3.63, 3.8) is 0 Å². The van der Waals surface area contributed by atoms with E-state index in [-0.39, 0.29) is 18.2 Å². The van der Waals surface area contributed by atoms with E-state index >= 15 is 0 Å². The van der Waals surface area contributed by atoms with Gasteiger partial charge in [-0.1, -0.05) is 0 Å². The first-order valence-corrected chi connectivity index (χ1v) is 10.3. The van der Waals surface area contributed by atoms with Crippen LogP contribution in [0.2, 0.25) is 0 Å². The van der Waals surface area contributed by atoms with Gasteiger partial charge in [-0.25, -0.2) is 0 Å². The Balaban J connectivity index is 1.41. The molecule has 1 N–H and O–H groups in total. The molecule has 2 aliphatic heterocycles. The van der Waals surface area contributed by atoms with Crippen molar-refractivity contribution in [1.82, 2.24) is 0 Å². The Labute approximate surface area is 176 Å². The molecule has 1 atom stereocenters. The highest BCUT2D eigenvalue weighted by Crippen LogP contribution is 2.32. The number of rotatable bonds is 6. The van der Waals surface area contributed by atoms with Crippen molar-refractivity contribution in [2.45, 2.75) is 19.3 Å². The van der Waals surface area contributed by atoms with Gasteiger partial charge in [0.15, 0.2) is 11.5 Å². The molecule has 2 amide bonds. The van der Waals surface area contributed by atoms with Gasteiger partial charge in [-0.15, -0.1) is 0 Å². The summed E-state index contributed by atoms with van der Waals surface area (Å²) >= 11 is 0. The Morgan fingerprint density at radius 2 is 1.63 bits per heavy atom. The third-order valence-corrected chi connectivity index (χ3v) is 5.78. The molecule has 2 aliphatic rings. The van der Waals surface area contributed by atoms with Crippen molar-refractivity contribution in [3.8, 4) is 11.5 Å². The number of hydrogen-bond donors (Lipinski definition) is 1. The van der Waals surface area contributed by atoms with Crippen LogP contribution in [-0.4, -0.2) is 45.7 Å². The van der Waals surface area contributed by atoms with Gasteiger partial charge in [0, 0.05) is 49.2 Å². The Hall–Kier alpha value is -3.22. The van der Waals surface area contributed by atoms with Gasteiger partial charge >= 0.3 is 0 Å². The molecule has 0 aliphatic carbocycles. The molecule has 2 aromatic carbocycles. The highest BCUT2D eigenvalue weighted by atomic mass is 16.5. The summed E-state index contributed by atoms with van der Waals surface area (Å²) in [5.41, 5.74) is 2.63. The first-order chi connectivity index (χ1) is 14.6. The van der Waals surface area contributed by atoms with E-state index in [0.29, 0.717) is 23.7 Å². The van der Waals surface area contributed by atoms with Crippen LogP contribution in [0, 0.1) is 5.92 Å². The molecule has 2 aromatic rings. The molecular weight excluding hydrogens is 382 g/mol. The van der Waals surface area contributed by atoms with Crippen LogP contribution >= 0.6 is 0 Å². The van der Waals surface area contributed by atoms with Gasteiger partial charge in [0.05, 0.1) is 20.1 Å². The SMILES string of the molecule is COc1ccc(NC(=O)C2CC(=O)N(c3ccc(N4CCCC4)cc3)C2)cc1OC. The first-order valence-electron chi connectivity index (χ1n) is 10.3. The quantitative estimate of drug-likeness (QED) is 0.793. The van der Waals surface area contributed by atoms with Gasteiger partial charge in [-0.2, -0.15) is 0 Å². The van der Waals surface area contributed by atoms with Crippen LogP contribution in [0.3, 0.4) is 0 Å². The second-order valence-electron chi connectivity index (χ2n) is 7.67. The summed E-state index contributed by atoms with van der Waals surface area (Å²) in [6.45, 7) is 2.54. The zero-order chi connectivity index (χ0) is 21.1. The number of carbonyl (C=O) groups excluding carboxylic acids is 2. The van der Waals surface area contributed by atoms with Gasteiger partial charge in [-0.3, -0.25) is 9.59 Å². The maximum atomic E-state index is 12.8. The van der Waals surface area contributed by atoms with E-state index < -0.39 is 5.92 Å². The Morgan fingerprint density at radius 3 is 2.30 bits per heavy atom. The van der Waals surface area contributed by atoms with Gasteiger partial charge in [0.2, 0.25) is 11.8 Å². The minimum Gasteiger partial charge on any atom is -0.493 e. The molecule has 30 heavy (non-hydrogen) atoms. The maximum absolute atomic E-state index is 12.8. The third-order valence-electron chi connectivity index (χ3n) is 5.78. The number of methoxy groups -OCH3 is 2. The van der Waals surface area contributed by atoms with Gasteiger partial charge < -0.3 is 24.6 Å². The van der Waals surface area contributed by atoms with Crippen molar-refractivity contribution in [1.29, 1.82) is 0 Å². The predicted octanol–water partition coefficient (Wildman–Crippen LogP) is 3.30. The second kappa shape index (κ2) is 8.65. The lowest BCUT2D eigenvalue weighted by molar-refractivity contribution is -0.122. The molecule has 158 valence electrons. The summed E-state index contributed by atoms with van der Waals surface area (Å²) in [4.78, 5) is 29.4. The fourth-order valence-corrected chi connectivity index (χ4v) is 4.11. The number of anilines is 3. The highest BCUT2D eigenvalue weighted by molar-refractivity contribution is 6.03. The van der Waals surface area contributed by atoms with E-state index in [1.807, 2.05) is 12.1 Å². The molecule has 1 unspecified atom stereocenters. The molecule has 7 heteroatoms. The van der Waals surface area contributed by atoms with Crippen LogP contribution in [0.5, 0.6) is 11.5 Å². The molecule has 2 heterocycles. The Bertz CT molecular complexity index is 923. The molecule has 0 saturated carbocycles. The van der Waals surface area contributed by atoms with Crippen LogP contribution in [-0.2, 0) is 9.59 Å². The van der Waals surface area contributed by atoms with E-state index in [4.69, 9.17) is 9.47 Å². The average Bonchev–Trinajstić information content (AvgIpc) is 3.44. The molecular formula is C23H27N3O4. The van der Waals surface area contributed by atoms with Crippen molar-refractivity contribution < 1.29 is 19.1 Å². The number of amides is 2. The summed E-state index contributed by atoms with van der Waals surface area (Å²) in [5.74, 6) is 0.527. The van der Waals surface area contributed by atoms with E-state index in [1.54, 1.807) is 37.3 Å². The van der Waals surface area contributed by atoms with Crippen LogP contribution in [0.25, 0.3) is 0 Å². The number of carbonyl (C=O) groups is 2. The van der Waals surface area contributed by atoms with Crippen molar-refractivity contribution in [2.24, 2.45) is 5.92 Å². The third kappa shape index (κ3) is 4.06. The van der Waals surface area contributed by atoms with E-state index in [1.165, 1.54) is 18.5 Å². The smallest absolute Gasteiger partial charge is 0.229 e. The highest BCUT2D eigenvalue weighted by Gasteiger charge is 2.35. The van der Waals surface area contributed by atoms with E-state index in [9.17, 15) is 9.59 Å². The molecule has 0 radical (unpaired) electrons. The molecule has 4 rings (SSSR count). The van der Waals surface area contributed by atoms with Crippen LogP contribution < -0.4 is 24.6 Å². The molecule has 0 spiro atoms. The van der Waals surface area contributed by atoms with Gasteiger partial charge in [-0.05, 0) is 49.2 Å². The minimum atomic E-state index is -0.399. The molecule has 2 saturated heterocycles. The topological polar surface area (TPSA) is 71.1 Å². The summed E-state index contributed by atoms with van der Waals surface area (Å²) in [6, 6.07) is 13.3. The standard InChI is InChI=1S/C23H27N3O4/c1-29-20-10-5-17(14-21(20)30-2)24-23(28)16-13-22(27)26(15-16)19-8-6-18(7-9-19)25-11-3-4-12-25/h5-10,14,16H,3-4,11-13,15H2,1-2H3,(H,24,28). The number of hydrogen-bond acceptors (Lipinski definition) is 5. The molecule has 0 aromatic heterocycles. The second-order valence-corrected chi connectivity index (χ2v) is 7.67. The number of nitrogens with zero attached hydrogens (tertiary/aromatic N) is 2. The zero-order valence-electron chi connectivity index (χ0n) is 17.4. The molecule has 2 fully saturated rings. The van der Waals surface area contributed by atoms with Crippen LogP contribution in [0.4, 0.5) is 17.1 Å². The number of ether oxygens (including phenoxy) is 2. The fourth-order valence-electron chi connectivity index (χ4n) is 4.11. The lowest BCUT2D eigenvalue weighted by atomic mass is 10.1. The lowest BCUT2D eigenvalue weighted by Crippen LogP contribution is -2.28.